The van der Waals surface area contributed by atoms with Gasteiger partial charge in [-0.25, -0.2) is 0 Å². The van der Waals surface area contributed by atoms with E-state index < -0.39 is 5.41 Å². The van der Waals surface area contributed by atoms with E-state index >= 15 is 0 Å². The first-order valence-electron chi connectivity index (χ1n) is 8.57. The highest BCUT2D eigenvalue weighted by Crippen LogP contribution is 2.56. The smallest absolute Gasteiger partial charge is 0.190 e. The van der Waals surface area contributed by atoms with Gasteiger partial charge in [-0.2, -0.15) is 15.8 Å². The molecule has 0 amide bonds. The lowest BCUT2D eigenvalue weighted by atomic mass is 9.56. The molecule has 2 aliphatic carbocycles. The molecule has 1 aromatic rings. The molecule has 3 rings (SSSR count). The first kappa shape index (κ1) is 17.5. The van der Waals surface area contributed by atoms with Crippen LogP contribution in [0.5, 0.6) is 0 Å². The standard InChI is InChI=1S/C20H19BrN4/c21-14-8-6-13(7-9-14)18-16-5-3-1-2-4-15(16)17(10-22)19(25)20(18,11-23)12-24/h6-9,15-16,18H,1-5,25H2. The van der Waals surface area contributed by atoms with Crippen molar-refractivity contribution in [3.8, 4) is 18.2 Å². The van der Waals surface area contributed by atoms with E-state index in [4.69, 9.17) is 5.73 Å². The summed E-state index contributed by atoms with van der Waals surface area (Å²) in [5.41, 5.74) is 6.40. The van der Waals surface area contributed by atoms with Gasteiger partial charge in [-0.1, -0.05) is 47.3 Å². The van der Waals surface area contributed by atoms with Crippen molar-refractivity contribution in [1.82, 2.24) is 0 Å². The van der Waals surface area contributed by atoms with Gasteiger partial charge in [-0.3, -0.25) is 0 Å². The Morgan fingerprint density at radius 1 is 1.00 bits per heavy atom. The second kappa shape index (κ2) is 6.91. The first-order chi connectivity index (χ1) is 12.1. The fraction of sp³-hybridized carbons (Fsp3) is 0.450. The Bertz CT molecular complexity index is 805. The molecule has 0 heterocycles. The normalized spacial score (nSPS) is 28.0. The van der Waals surface area contributed by atoms with Crippen molar-refractivity contribution < 1.29 is 0 Å². The number of halogens is 1. The summed E-state index contributed by atoms with van der Waals surface area (Å²) in [7, 11) is 0. The quantitative estimate of drug-likeness (QED) is 0.756. The topological polar surface area (TPSA) is 97.4 Å². The number of fused-ring (bicyclic) bond motifs is 1. The highest BCUT2D eigenvalue weighted by molar-refractivity contribution is 9.10. The molecule has 0 spiro atoms. The second-order valence-corrected chi connectivity index (χ2v) is 7.82. The molecule has 5 heteroatoms. The molecule has 0 saturated heterocycles. The third-order valence-corrected chi connectivity index (χ3v) is 6.28. The van der Waals surface area contributed by atoms with Crippen LogP contribution in [0, 0.1) is 51.2 Å². The first-order valence-corrected chi connectivity index (χ1v) is 9.36. The van der Waals surface area contributed by atoms with Gasteiger partial charge in [0.2, 0.25) is 0 Å². The Labute approximate surface area is 156 Å². The average molecular weight is 395 g/mol. The van der Waals surface area contributed by atoms with Crippen LogP contribution in [0.4, 0.5) is 0 Å². The summed E-state index contributed by atoms with van der Waals surface area (Å²) < 4.78 is 0.949. The van der Waals surface area contributed by atoms with Gasteiger partial charge < -0.3 is 5.73 Å². The molecule has 1 fully saturated rings. The molecule has 3 atom stereocenters. The molecule has 4 nitrogen and oxygen atoms in total. The zero-order chi connectivity index (χ0) is 18.0. The Balaban J connectivity index is 2.27. The van der Waals surface area contributed by atoms with E-state index in [1.54, 1.807) is 0 Å². The van der Waals surface area contributed by atoms with Crippen molar-refractivity contribution in [1.29, 1.82) is 15.8 Å². The molecule has 1 saturated carbocycles. The summed E-state index contributed by atoms with van der Waals surface area (Å²) >= 11 is 3.44. The van der Waals surface area contributed by atoms with Crippen molar-refractivity contribution in [3.05, 3.63) is 45.6 Å². The van der Waals surface area contributed by atoms with Crippen molar-refractivity contribution in [2.24, 2.45) is 23.0 Å². The number of nitrogens with zero attached hydrogens (tertiary/aromatic N) is 3. The highest BCUT2D eigenvalue weighted by atomic mass is 79.9. The minimum atomic E-state index is -1.48. The minimum Gasteiger partial charge on any atom is -0.399 e. The maximum absolute atomic E-state index is 9.97. The lowest BCUT2D eigenvalue weighted by Gasteiger charge is -2.44. The molecule has 0 bridgehead atoms. The Kier molecular flexibility index (Phi) is 4.85. The van der Waals surface area contributed by atoms with Crippen LogP contribution in [0.2, 0.25) is 0 Å². The Hall–Kier alpha value is -2.29. The van der Waals surface area contributed by atoms with Crippen molar-refractivity contribution >= 4 is 15.9 Å². The van der Waals surface area contributed by atoms with Crippen LogP contribution in [-0.2, 0) is 0 Å². The summed E-state index contributed by atoms with van der Waals surface area (Å²) in [6.07, 6.45) is 5.03. The van der Waals surface area contributed by atoms with Gasteiger partial charge in [0.1, 0.15) is 0 Å². The minimum absolute atomic E-state index is 0.0379. The van der Waals surface area contributed by atoms with Gasteiger partial charge in [0.05, 0.1) is 29.5 Å². The number of rotatable bonds is 1. The monoisotopic (exact) mass is 394 g/mol. The van der Waals surface area contributed by atoms with Crippen molar-refractivity contribution in [3.63, 3.8) is 0 Å². The van der Waals surface area contributed by atoms with Gasteiger partial charge in [0.25, 0.3) is 0 Å². The summed E-state index contributed by atoms with van der Waals surface area (Å²) in [6, 6.07) is 14.4. The predicted octanol–water partition coefficient (Wildman–Crippen LogP) is 4.51. The van der Waals surface area contributed by atoms with Gasteiger partial charge in [-0.05, 0) is 42.4 Å². The van der Waals surface area contributed by atoms with Gasteiger partial charge in [0, 0.05) is 10.4 Å². The van der Waals surface area contributed by atoms with E-state index in [2.05, 4.69) is 34.1 Å². The molecule has 2 N–H and O–H groups in total. The average Bonchev–Trinajstić information content (AvgIpc) is 2.87. The SMILES string of the molecule is N#CC1=C(N)C(C#N)(C#N)C(c2ccc(Br)cc2)C2CCCCCC12. The van der Waals surface area contributed by atoms with E-state index in [0.29, 0.717) is 5.57 Å². The maximum atomic E-state index is 9.97. The third kappa shape index (κ3) is 2.72. The molecule has 3 unspecified atom stereocenters. The van der Waals surface area contributed by atoms with Crippen molar-refractivity contribution in [2.45, 2.75) is 38.0 Å². The van der Waals surface area contributed by atoms with Crippen LogP contribution in [0.3, 0.4) is 0 Å². The van der Waals surface area contributed by atoms with E-state index in [-0.39, 0.29) is 23.5 Å². The molecule has 1 aromatic carbocycles. The van der Waals surface area contributed by atoms with Gasteiger partial charge >= 0.3 is 0 Å². The molecule has 0 aromatic heterocycles. The van der Waals surface area contributed by atoms with E-state index in [1.165, 1.54) is 0 Å². The third-order valence-electron chi connectivity index (χ3n) is 5.75. The Morgan fingerprint density at radius 3 is 2.24 bits per heavy atom. The molecular formula is C20H19BrN4. The van der Waals surface area contributed by atoms with Crippen LogP contribution < -0.4 is 5.73 Å². The maximum Gasteiger partial charge on any atom is 0.190 e. The van der Waals surface area contributed by atoms with Crippen LogP contribution in [-0.4, -0.2) is 0 Å². The van der Waals surface area contributed by atoms with Crippen LogP contribution >= 0.6 is 15.9 Å². The molecule has 2 aliphatic rings. The van der Waals surface area contributed by atoms with Gasteiger partial charge in [-0.15, -0.1) is 0 Å². The van der Waals surface area contributed by atoms with E-state index in [0.717, 1.165) is 42.1 Å². The number of allylic oxidation sites excluding steroid dienone is 2. The highest BCUT2D eigenvalue weighted by Gasteiger charge is 2.54. The fourth-order valence-corrected chi connectivity index (χ4v) is 4.85. The number of hydrogen-bond donors (Lipinski definition) is 1. The van der Waals surface area contributed by atoms with Crippen LogP contribution in [0.15, 0.2) is 40.0 Å². The lowest BCUT2D eigenvalue weighted by molar-refractivity contribution is 0.218. The molecule has 126 valence electrons. The summed E-state index contributed by atoms with van der Waals surface area (Å²) in [5, 5.41) is 29.6. The van der Waals surface area contributed by atoms with Crippen molar-refractivity contribution in [2.75, 3.05) is 0 Å². The van der Waals surface area contributed by atoms with Crippen LogP contribution in [0.1, 0.15) is 43.6 Å². The number of benzene rings is 1. The molecular weight excluding hydrogens is 376 g/mol. The molecule has 0 radical (unpaired) electrons. The summed E-state index contributed by atoms with van der Waals surface area (Å²) in [4.78, 5) is 0. The number of hydrogen-bond acceptors (Lipinski definition) is 4. The fourth-order valence-electron chi connectivity index (χ4n) is 4.59. The lowest BCUT2D eigenvalue weighted by Crippen LogP contribution is -2.44. The number of nitriles is 3. The molecule has 0 aliphatic heterocycles. The largest absolute Gasteiger partial charge is 0.399 e. The van der Waals surface area contributed by atoms with Gasteiger partial charge in [0.15, 0.2) is 5.41 Å². The predicted molar refractivity (Wildman–Crippen MR) is 97.4 cm³/mol. The zero-order valence-corrected chi connectivity index (χ0v) is 15.5. The van der Waals surface area contributed by atoms with E-state index in [9.17, 15) is 15.8 Å². The van der Waals surface area contributed by atoms with E-state index in [1.807, 2.05) is 24.3 Å². The summed E-state index contributed by atoms with van der Waals surface area (Å²) in [5.74, 6) is -0.184. The second-order valence-electron chi connectivity index (χ2n) is 6.91. The zero-order valence-electron chi connectivity index (χ0n) is 13.9. The Morgan fingerprint density at radius 2 is 1.64 bits per heavy atom. The van der Waals surface area contributed by atoms with Crippen LogP contribution in [0.25, 0.3) is 0 Å². The summed E-state index contributed by atoms with van der Waals surface area (Å²) in [6.45, 7) is 0. The number of nitrogens with two attached hydrogens (primary N) is 1. The molecule has 25 heavy (non-hydrogen) atoms.